The summed E-state index contributed by atoms with van der Waals surface area (Å²) in [4.78, 5) is 12.9. The molecule has 0 heterocycles. The van der Waals surface area contributed by atoms with Crippen molar-refractivity contribution in [1.82, 2.24) is 5.32 Å². The Hall–Kier alpha value is -2.29. The van der Waals surface area contributed by atoms with E-state index >= 15 is 0 Å². The number of nitrogens with two attached hydrogens (primary N) is 1. The van der Waals surface area contributed by atoms with Gasteiger partial charge in [0, 0.05) is 18.0 Å². The van der Waals surface area contributed by atoms with Crippen LogP contribution in [-0.2, 0) is 10.0 Å². The van der Waals surface area contributed by atoms with Crippen LogP contribution in [-0.4, -0.2) is 34.6 Å². The third-order valence-electron chi connectivity index (χ3n) is 5.40. The summed E-state index contributed by atoms with van der Waals surface area (Å²) < 4.78 is 33.4. The predicted octanol–water partition coefficient (Wildman–Crippen LogP) is 2.93. The lowest BCUT2D eigenvalue weighted by atomic mass is 10.0. The molecule has 1 amide bonds. The first-order valence-electron chi connectivity index (χ1n) is 8.86. The summed E-state index contributed by atoms with van der Waals surface area (Å²) in [6.07, 6.45) is 0. The molecule has 29 heavy (non-hydrogen) atoms. The highest BCUT2D eigenvalue weighted by molar-refractivity contribution is 7.89. The normalized spacial score (nSPS) is 20.1. The molecule has 0 bridgehead atoms. The monoisotopic (exact) mass is 438 g/mol. The van der Waals surface area contributed by atoms with Gasteiger partial charge in [-0.15, -0.1) is 0 Å². The number of halogens is 1. The van der Waals surface area contributed by atoms with Crippen LogP contribution in [0.2, 0.25) is 5.02 Å². The molecule has 2 aromatic carbocycles. The first-order chi connectivity index (χ1) is 13.5. The van der Waals surface area contributed by atoms with Gasteiger partial charge in [-0.2, -0.15) is 0 Å². The van der Waals surface area contributed by atoms with Crippen LogP contribution in [0.15, 0.2) is 41.3 Å². The van der Waals surface area contributed by atoms with Gasteiger partial charge in [-0.3, -0.25) is 4.79 Å². The van der Waals surface area contributed by atoms with Crippen molar-refractivity contribution < 1.29 is 22.7 Å². The van der Waals surface area contributed by atoms with Crippen molar-refractivity contribution in [3.05, 3.63) is 52.5 Å². The summed E-state index contributed by atoms with van der Waals surface area (Å²) in [5, 5.41) is 8.49. The van der Waals surface area contributed by atoms with E-state index in [1.165, 1.54) is 32.4 Å². The number of carbonyl (C=O) groups excluding carboxylic acids is 1. The smallest absolute Gasteiger partial charge is 0.255 e. The SMILES string of the molecule is COc1cc(OC)c(C(=O)N[C@H]2[C@H](c3ccc(S(N)(=O)=O)cc3)C2(C)C)cc1Cl. The summed E-state index contributed by atoms with van der Waals surface area (Å²) in [5.41, 5.74) is 1.03. The van der Waals surface area contributed by atoms with Crippen molar-refractivity contribution in [3.63, 3.8) is 0 Å². The number of rotatable bonds is 6. The minimum absolute atomic E-state index is 0.0284. The summed E-state index contributed by atoms with van der Waals surface area (Å²) in [6, 6.07) is 9.35. The van der Waals surface area contributed by atoms with Crippen molar-refractivity contribution in [1.29, 1.82) is 0 Å². The lowest BCUT2D eigenvalue weighted by molar-refractivity contribution is 0.0943. The van der Waals surface area contributed by atoms with E-state index in [0.717, 1.165) is 5.56 Å². The second-order valence-corrected chi connectivity index (χ2v) is 9.52. The van der Waals surface area contributed by atoms with Gasteiger partial charge in [0.2, 0.25) is 10.0 Å². The highest BCUT2D eigenvalue weighted by atomic mass is 35.5. The number of amides is 1. The van der Waals surface area contributed by atoms with Gasteiger partial charge in [0.15, 0.2) is 0 Å². The number of benzene rings is 2. The zero-order chi connectivity index (χ0) is 21.6. The standard InChI is InChI=1S/C20H23ClN2O5S/c1-20(2)17(11-5-7-12(8-6-11)29(22,25)26)18(20)23-19(24)13-9-14(21)16(28-4)10-15(13)27-3/h5-10,17-18H,1-4H3,(H,23,24)(H2,22,25,26)/t17-,18-/m0/s1. The maximum Gasteiger partial charge on any atom is 0.255 e. The lowest BCUT2D eigenvalue weighted by Gasteiger charge is -2.13. The number of primary sulfonamides is 1. The topological polar surface area (TPSA) is 108 Å². The van der Waals surface area contributed by atoms with Crippen molar-refractivity contribution in [2.45, 2.75) is 30.7 Å². The number of ether oxygens (including phenoxy) is 2. The second kappa shape index (κ2) is 7.51. The Balaban J connectivity index is 1.82. The van der Waals surface area contributed by atoms with Crippen LogP contribution in [0.4, 0.5) is 0 Å². The molecule has 0 radical (unpaired) electrons. The quantitative estimate of drug-likeness (QED) is 0.720. The van der Waals surface area contributed by atoms with E-state index in [9.17, 15) is 13.2 Å². The highest BCUT2D eigenvalue weighted by Crippen LogP contribution is 2.58. The molecule has 1 fully saturated rings. The Bertz CT molecular complexity index is 1050. The van der Waals surface area contributed by atoms with Gasteiger partial charge in [0.25, 0.3) is 5.91 Å². The fourth-order valence-corrected chi connectivity index (χ4v) is 4.41. The van der Waals surface area contributed by atoms with E-state index in [-0.39, 0.29) is 28.2 Å². The Morgan fingerprint density at radius 1 is 1.10 bits per heavy atom. The molecule has 9 heteroatoms. The van der Waals surface area contributed by atoms with E-state index < -0.39 is 10.0 Å². The number of sulfonamides is 1. The van der Waals surface area contributed by atoms with Crippen molar-refractivity contribution in [3.8, 4) is 11.5 Å². The zero-order valence-corrected chi connectivity index (χ0v) is 18.1. The molecule has 0 aromatic heterocycles. The minimum atomic E-state index is -3.75. The maximum absolute atomic E-state index is 12.9. The van der Waals surface area contributed by atoms with E-state index in [4.69, 9.17) is 26.2 Å². The van der Waals surface area contributed by atoms with Crippen LogP contribution in [0.1, 0.15) is 35.7 Å². The van der Waals surface area contributed by atoms with Gasteiger partial charge >= 0.3 is 0 Å². The van der Waals surface area contributed by atoms with E-state index in [1.54, 1.807) is 18.2 Å². The van der Waals surface area contributed by atoms with Gasteiger partial charge in [0.05, 0.1) is 29.7 Å². The zero-order valence-electron chi connectivity index (χ0n) is 16.5. The van der Waals surface area contributed by atoms with Crippen LogP contribution in [0.3, 0.4) is 0 Å². The molecule has 0 aliphatic heterocycles. The van der Waals surface area contributed by atoms with Crippen molar-refractivity contribution >= 4 is 27.5 Å². The van der Waals surface area contributed by atoms with E-state index in [1.807, 2.05) is 13.8 Å². The highest BCUT2D eigenvalue weighted by Gasteiger charge is 2.59. The molecule has 3 rings (SSSR count). The number of hydrogen-bond acceptors (Lipinski definition) is 5. The average Bonchev–Trinajstić information content (AvgIpc) is 3.20. The Kier molecular flexibility index (Phi) is 5.55. The molecule has 1 aliphatic rings. The lowest BCUT2D eigenvalue weighted by Crippen LogP contribution is -2.29. The van der Waals surface area contributed by atoms with Crippen LogP contribution in [0.25, 0.3) is 0 Å². The van der Waals surface area contributed by atoms with Crippen molar-refractivity contribution in [2.75, 3.05) is 14.2 Å². The van der Waals surface area contributed by atoms with Crippen LogP contribution in [0, 0.1) is 5.41 Å². The summed E-state index contributed by atoms with van der Waals surface area (Å²) in [6.45, 7) is 4.07. The molecule has 3 N–H and O–H groups in total. The summed E-state index contributed by atoms with van der Waals surface area (Å²) in [7, 11) is -0.792. The summed E-state index contributed by atoms with van der Waals surface area (Å²) in [5.74, 6) is 0.490. The molecule has 7 nitrogen and oxygen atoms in total. The Morgan fingerprint density at radius 2 is 1.69 bits per heavy atom. The molecule has 2 atom stereocenters. The fraction of sp³-hybridized carbons (Fsp3) is 0.350. The molecule has 156 valence electrons. The molecular formula is C20H23ClN2O5S. The van der Waals surface area contributed by atoms with Gasteiger partial charge in [0.1, 0.15) is 11.5 Å². The molecule has 1 saturated carbocycles. The predicted molar refractivity (Wildman–Crippen MR) is 110 cm³/mol. The first-order valence-corrected chi connectivity index (χ1v) is 10.8. The number of carbonyl (C=O) groups is 1. The van der Waals surface area contributed by atoms with Crippen LogP contribution >= 0.6 is 11.6 Å². The third kappa shape index (κ3) is 4.05. The number of nitrogens with one attached hydrogen (secondary N) is 1. The van der Waals surface area contributed by atoms with E-state index in [0.29, 0.717) is 22.1 Å². The number of methoxy groups -OCH3 is 2. The maximum atomic E-state index is 12.9. The second-order valence-electron chi connectivity index (χ2n) is 7.55. The Morgan fingerprint density at radius 3 is 2.21 bits per heavy atom. The molecule has 0 unspecified atom stereocenters. The average molecular weight is 439 g/mol. The Labute approximate surface area is 175 Å². The third-order valence-corrected chi connectivity index (χ3v) is 6.62. The van der Waals surface area contributed by atoms with Crippen LogP contribution in [0.5, 0.6) is 11.5 Å². The summed E-state index contributed by atoms with van der Waals surface area (Å²) >= 11 is 6.17. The van der Waals surface area contributed by atoms with Gasteiger partial charge in [-0.05, 0) is 29.2 Å². The molecule has 2 aromatic rings. The minimum Gasteiger partial charge on any atom is -0.496 e. The van der Waals surface area contributed by atoms with E-state index in [2.05, 4.69) is 5.32 Å². The molecule has 1 aliphatic carbocycles. The van der Waals surface area contributed by atoms with Gasteiger partial charge in [-0.25, -0.2) is 13.6 Å². The number of hydrogen-bond donors (Lipinski definition) is 2. The molecular weight excluding hydrogens is 416 g/mol. The first kappa shape index (κ1) is 21.4. The van der Waals surface area contributed by atoms with Gasteiger partial charge in [-0.1, -0.05) is 37.6 Å². The molecule has 0 saturated heterocycles. The fourth-order valence-electron chi connectivity index (χ4n) is 3.65. The largest absolute Gasteiger partial charge is 0.496 e. The van der Waals surface area contributed by atoms with Crippen molar-refractivity contribution in [2.24, 2.45) is 10.6 Å². The van der Waals surface area contributed by atoms with Crippen LogP contribution < -0.4 is 19.9 Å². The molecule has 0 spiro atoms. The van der Waals surface area contributed by atoms with Gasteiger partial charge < -0.3 is 14.8 Å².